The van der Waals surface area contributed by atoms with Crippen LogP contribution in [0, 0.1) is 0 Å². The first kappa shape index (κ1) is 27.2. The Kier molecular flexibility index (Phi) is 6.76. The first-order valence-corrected chi connectivity index (χ1v) is 12.6. The van der Waals surface area contributed by atoms with Gasteiger partial charge >= 0.3 is 0 Å². The molecule has 208 valence electrons. The van der Waals surface area contributed by atoms with Crippen LogP contribution in [0.4, 0.5) is 0 Å². The number of phenolic OH excluding ortho intramolecular Hbond substituents is 2. The van der Waals surface area contributed by atoms with Crippen molar-refractivity contribution < 1.29 is 48.7 Å². The zero-order chi connectivity index (χ0) is 28.4. The maximum Gasteiger partial charge on any atom is 0.202 e. The molecule has 2 aromatic carbocycles. The number of aromatic hydroxyl groups is 2. The summed E-state index contributed by atoms with van der Waals surface area (Å²) in [5.41, 5.74) is 3.97. The molecule has 0 saturated carbocycles. The average Bonchev–Trinajstić information content (AvgIpc) is 2.91. The van der Waals surface area contributed by atoms with Crippen molar-refractivity contribution in [2.45, 2.75) is 69.4 Å². The molecule has 1 heterocycles. The van der Waals surface area contributed by atoms with Crippen molar-refractivity contribution in [3.63, 3.8) is 0 Å². The average molecular weight is 542 g/mol. The fourth-order valence-corrected chi connectivity index (χ4v) is 5.94. The smallest absolute Gasteiger partial charge is 0.202 e. The molecular formula is C28H31NO10. The highest BCUT2D eigenvalue weighted by molar-refractivity contribution is 6.31. The van der Waals surface area contributed by atoms with E-state index in [4.69, 9.17) is 24.7 Å². The molecule has 2 aromatic rings. The molecule has 0 radical (unpaired) electrons. The van der Waals surface area contributed by atoms with Gasteiger partial charge in [-0.05, 0) is 19.9 Å². The lowest BCUT2D eigenvalue weighted by molar-refractivity contribution is -0.247. The summed E-state index contributed by atoms with van der Waals surface area (Å²) in [6, 6.07) is 3.85. The first-order valence-electron chi connectivity index (χ1n) is 12.6. The Hall–Kier alpha value is -3.35. The molecule has 39 heavy (non-hydrogen) atoms. The van der Waals surface area contributed by atoms with Crippen LogP contribution in [0.3, 0.4) is 0 Å². The molecule has 1 saturated heterocycles. The van der Waals surface area contributed by atoms with Gasteiger partial charge in [-0.25, -0.2) is 0 Å². The lowest BCUT2D eigenvalue weighted by Crippen LogP contribution is -2.52. The van der Waals surface area contributed by atoms with Gasteiger partial charge in [-0.3, -0.25) is 14.4 Å². The second-order valence-electron chi connectivity index (χ2n) is 10.3. The summed E-state index contributed by atoms with van der Waals surface area (Å²) in [4.78, 5) is 40.1. The van der Waals surface area contributed by atoms with Crippen LogP contribution in [0.1, 0.15) is 75.8 Å². The number of ether oxygens (including phenoxy) is 4. The second kappa shape index (κ2) is 9.68. The Morgan fingerprint density at radius 1 is 1.10 bits per heavy atom. The van der Waals surface area contributed by atoms with E-state index in [0.717, 1.165) is 0 Å². The number of phenols is 2. The Morgan fingerprint density at radius 2 is 1.79 bits per heavy atom. The van der Waals surface area contributed by atoms with Crippen LogP contribution >= 0.6 is 0 Å². The van der Waals surface area contributed by atoms with Crippen molar-refractivity contribution >= 4 is 17.3 Å². The second-order valence-corrected chi connectivity index (χ2v) is 10.3. The zero-order valence-corrected chi connectivity index (χ0v) is 22.0. The normalized spacial score (nSPS) is 29.8. The van der Waals surface area contributed by atoms with Crippen LogP contribution < -0.4 is 10.5 Å². The van der Waals surface area contributed by atoms with E-state index in [9.17, 15) is 29.7 Å². The summed E-state index contributed by atoms with van der Waals surface area (Å²) >= 11 is 0. The van der Waals surface area contributed by atoms with E-state index in [0.29, 0.717) is 0 Å². The molecule has 6 atom stereocenters. The number of ketones is 3. The molecule has 11 heteroatoms. The number of aliphatic hydroxyl groups is 1. The molecule has 6 unspecified atom stereocenters. The molecule has 11 nitrogen and oxygen atoms in total. The number of methoxy groups -OCH3 is 2. The predicted molar refractivity (Wildman–Crippen MR) is 135 cm³/mol. The molecular weight excluding hydrogens is 510 g/mol. The third-order valence-corrected chi connectivity index (χ3v) is 8.16. The first-order chi connectivity index (χ1) is 18.5. The number of rotatable bonds is 5. The van der Waals surface area contributed by atoms with Gasteiger partial charge < -0.3 is 40.0 Å². The number of carbonyl (C=O) groups excluding carboxylic acids is 3. The highest BCUT2D eigenvalue weighted by Crippen LogP contribution is 2.53. The van der Waals surface area contributed by atoms with Crippen molar-refractivity contribution in [3.05, 3.63) is 51.6 Å². The summed E-state index contributed by atoms with van der Waals surface area (Å²) in [6.07, 6.45) is -3.75. The van der Waals surface area contributed by atoms with Crippen molar-refractivity contribution in [1.82, 2.24) is 0 Å². The van der Waals surface area contributed by atoms with Gasteiger partial charge in [0.05, 0.1) is 42.1 Å². The fraction of sp³-hybridized carbons (Fsp3) is 0.464. The van der Waals surface area contributed by atoms with E-state index in [1.54, 1.807) is 13.0 Å². The molecule has 0 amide bonds. The molecule has 2 aliphatic carbocycles. The van der Waals surface area contributed by atoms with Crippen LogP contribution in [0.2, 0.25) is 0 Å². The Labute approximate surface area is 224 Å². The van der Waals surface area contributed by atoms with Gasteiger partial charge in [-0.1, -0.05) is 12.1 Å². The van der Waals surface area contributed by atoms with Crippen LogP contribution in [-0.4, -0.2) is 77.0 Å². The van der Waals surface area contributed by atoms with Crippen LogP contribution in [0.25, 0.3) is 0 Å². The van der Waals surface area contributed by atoms with E-state index in [2.05, 4.69) is 0 Å². The third-order valence-electron chi connectivity index (χ3n) is 8.16. The predicted octanol–water partition coefficient (Wildman–Crippen LogP) is 1.68. The number of Topliss-reactive ketones (excluding diaryl/α,β-unsaturated/α-hetero) is 1. The molecule has 5 rings (SSSR count). The number of hydrogen-bond acceptors (Lipinski definition) is 11. The van der Waals surface area contributed by atoms with Crippen molar-refractivity contribution in [2.75, 3.05) is 14.2 Å². The third kappa shape index (κ3) is 4.04. The number of aliphatic hydroxyl groups excluding tert-OH is 1. The molecule has 5 N–H and O–H groups in total. The number of benzene rings is 2. The highest BCUT2D eigenvalue weighted by atomic mass is 16.7. The van der Waals surface area contributed by atoms with Gasteiger partial charge in [-0.15, -0.1) is 0 Å². The quantitative estimate of drug-likeness (QED) is 0.346. The van der Waals surface area contributed by atoms with Gasteiger partial charge in [0.15, 0.2) is 17.9 Å². The van der Waals surface area contributed by atoms with E-state index in [-0.39, 0.29) is 64.2 Å². The summed E-state index contributed by atoms with van der Waals surface area (Å²) in [5.74, 6) is -2.66. The Bertz CT molecular complexity index is 1380. The van der Waals surface area contributed by atoms with Crippen LogP contribution in [0.5, 0.6) is 17.2 Å². The molecule has 0 spiro atoms. The SMILES string of the molecule is COc1cccc2c1C(=O)c1c(O)c3c(c(O)c1C2=O)CC(OC)(C(C)=O)CC3OC1CC(N)C(O)C(C)O1. The molecule has 1 fully saturated rings. The van der Waals surface area contributed by atoms with Gasteiger partial charge in [0.1, 0.15) is 22.8 Å². The fourth-order valence-electron chi connectivity index (χ4n) is 5.94. The summed E-state index contributed by atoms with van der Waals surface area (Å²) in [7, 11) is 2.71. The van der Waals surface area contributed by atoms with E-state index in [1.165, 1.54) is 33.3 Å². The van der Waals surface area contributed by atoms with Gasteiger partial charge in [-0.2, -0.15) is 0 Å². The minimum Gasteiger partial charge on any atom is -0.507 e. The van der Waals surface area contributed by atoms with Crippen LogP contribution in [0.15, 0.2) is 18.2 Å². The van der Waals surface area contributed by atoms with Crippen molar-refractivity contribution in [1.29, 1.82) is 0 Å². The lowest BCUT2D eigenvalue weighted by Gasteiger charge is -2.43. The number of nitrogens with two attached hydrogens (primary N) is 1. The molecule has 0 bridgehead atoms. The summed E-state index contributed by atoms with van der Waals surface area (Å²) in [6.45, 7) is 2.97. The standard InChI is InChI=1S/C28H31NO10/c1-11-23(31)15(29)8-18(38-11)39-17-10-28(37-4,12(2)30)9-14-20(17)27(35)22-21(25(14)33)24(32)13-6-5-7-16(36-3)19(13)26(22)34/h5-7,11,15,17-18,23,31,33,35H,8-10,29H2,1-4H3. The summed E-state index contributed by atoms with van der Waals surface area (Å²) < 4.78 is 23.0. The van der Waals surface area contributed by atoms with Crippen LogP contribution in [-0.2, 0) is 25.4 Å². The van der Waals surface area contributed by atoms with E-state index >= 15 is 0 Å². The van der Waals surface area contributed by atoms with Crippen molar-refractivity contribution in [3.8, 4) is 17.2 Å². The van der Waals surface area contributed by atoms with E-state index < -0.39 is 59.3 Å². The Balaban J connectivity index is 1.70. The minimum absolute atomic E-state index is 0.0202. The number of carbonyl (C=O) groups is 3. The van der Waals surface area contributed by atoms with Gasteiger partial charge in [0.25, 0.3) is 0 Å². The monoisotopic (exact) mass is 541 g/mol. The maximum atomic E-state index is 13.7. The topological polar surface area (TPSA) is 175 Å². The molecule has 1 aliphatic heterocycles. The highest BCUT2D eigenvalue weighted by Gasteiger charge is 2.50. The van der Waals surface area contributed by atoms with Gasteiger partial charge in [0, 0.05) is 49.1 Å². The largest absolute Gasteiger partial charge is 0.507 e. The van der Waals surface area contributed by atoms with Gasteiger partial charge in [0.2, 0.25) is 5.78 Å². The summed E-state index contributed by atoms with van der Waals surface area (Å²) in [5, 5.41) is 33.2. The molecule has 0 aromatic heterocycles. The number of fused-ring (bicyclic) bond motifs is 3. The van der Waals surface area contributed by atoms with E-state index in [1.807, 2.05) is 0 Å². The zero-order valence-electron chi connectivity index (χ0n) is 22.0. The Morgan fingerprint density at radius 3 is 2.41 bits per heavy atom. The number of hydrogen-bond donors (Lipinski definition) is 4. The minimum atomic E-state index is -1.46. The van der Waals surface area contributed by atoms with Crippen molar-refractivity contribution in [2.24, 2.45) is 5.73 Å². The lowest BCUT2D eigenvalue weighted by atomic mass is 9.72. The maximum absolute atomic E-state index is 13.7. The molecule has 3 aliphatic rings.